The minimum Gasteiger partial charge on any atom is -0.494 e. The van der Waals surface area contributed by atoms with E-state index in [2.05, 4.69) is 20.8 Å². The Hall–Kier alpha value is -1.22. The molecule has 1 aliphatic carbocycles. The van der Waals surface area contributed by atoms with Gasteiger partial charge in [-0.25, -0.2) is 0 Å². The van der Waals surface area contributed by atoms with E-state index in [1.54, 1.807) is 0 Å². The third-order valence-corrected chi connectivity index (χ3v) is 4.39. The Kier molecular flexibility index (Phi) is 4.35. The first-order valence-electron chi connectivity index (χ1n) is 7.25. The minimum absolute atomic E-state index is 0.109. The zero-order valence-corrected chi connectivity index (χ0v) is 12.2. The van der Waals surface area contributed by atoms with Crippen LogP contribution in [0.2, 0.25) is 0 Å². The Morgan fingerprint density at radius 1 is 1.21 bits per heavy atom. The topological polar surface area (TPSA) is 44.5 Å². The minimum atomic E-state index is 0.109. The van der Waals surface area contributed by atoms with Crippen LogP contribution in [-0.4, -0.2) is 18.8 Å². The maximum absolute atomic E-state index is 6.09. The van der Waals surface area contributed by atoms with Gasteiger partial charge < -0.3 is 15.2 Å². The van der Waals surface area contributed by atoms with Crippen LogP contribution in [0.25, 0.3) is 0 Å². The molecule has 3 nitrogen and oxygen atoms in total. The zero-order chi connectivity index (χ0) is 13.9. The van der Waals surface area contributed by atoms with Crippen LogP contribution < -0.4 is 15.2 Å². The smallest absolute Gasteiger partial charge is 0.120 e. The Morgan fingerprint density at radius 2 is 1.84 bits per heavy atom. The van der Waals surface area contributed by atoms with Crippen LogP contribution in [0, 0.1) is 5.41 Å². The van der Waals surface area contributed by atoms with Gasteiger partial charge in [-0.2, -0.15) is 0 Å². The zero-order valence-electron chi connectivity index (χ0n) is 12.2. The first-order valence-corrected chi connectivity index (χ1v) is 7.25. The number of ether oxygens (including phenoxy) is 2. The van der Waals surface area contributed by atoms with E-state index in [1.165, 1.54) is 0 Å². The molecule has 1 aromatic carbocycles. The van der Waals surface area contributed by atoms with Gasteiger partial charge in [-0.1, -0.05) is 20.8 Å². The highest BCUT2D eigenvalue weighted by Gasteiger charge is 2.50. The molecule has 3 unspecified atom stereocenters. The quantitative estimate of drug-likeness (QED) is 0.855. The summed E-state index contributed by atoms with van der Waals surface area (Å²) in [5, 5.41) is 0. The molecule has 0 saturated heterocycles. The van der Waals surface area contributed by atoms with E-state index in [0.717, 1.165) is 37.4 Å². The molecule has 19 heavy (non-hydrogen) atoms. The fourth-order valence-corrected chi connectivity index (χ4v) is 2.52. The summed E-state index contributed by atoms with van der Waals surface area (Å²) in [6.07, 6.45) is 3.25. The van der Waals surface area contributed by atoms with Crippen molar-refractivity contribution in [3.63, 3.8) is 0 Å². The Labute approximate surface area is 116 Å². The van der Waals surface area contributed by atoms with Gasteiger partial charge in [-0.3, -0.25) is 0 Å². The van der Waals surface area contributed by atoms with Gasteiger partial charge in [0, 0.05) is 17.9 Å². The number of nitrogens with two attached hydrogens (primary N) is 1. The fraction of sp³-hybridized carbons (Fsp3) is 0.625. The molecule has 3 heteroatoms. The predicted octanol–water partition coefficient (Wildman–Crippen LogP) is 3.37. The van der Waals surface area contributed by atoms with Crippen molar-refractivity contribution in [2.75, 3.05) is 6.61 Å². The van der Waals surface area contributed by atoms with Crippen molar-refractivity contribution in [1.29, 1.82) is 0 Å². The van der Waals surface area contributed by atoms with Crippen LogP contribution in [0.5, 0.6) is 11.5 Å². The molecule has 2 N–H and O–H groups in total. The van der Waals surface area contributed by atoms with Crippen molar-refractivity contribution in [3.8, 4) is 11.5 Å². The molecule has 1 saturated carbocycles. The Morgan fingerprint density at radius 3 is 2.37 bits per heavy atom. The molecule has 106 valence electrons. The van der Waals surface area contributed by atoms with Crippen LogP contribution in [-0.2, 0) is 0 Å². The molecule has 2 rings (SSSR count). The van der Waals surface area contributed by atoms with Crippen LogP contribution >= 0.6 is 0 Å². The van der Waals surface area contributed by atoms with E-state index >= 15 is 0 Å². The van der Waals surface area contributed by atoms with E-state index in [1.807, 2.05) is 24.3 Å². The average Bonchev–Trinajstić information content (AvgIpc) is 2.45. The molecule has 0 bridgehead atoms. The molecule has 0 aliphatic heterocycles. The molecule has 1 aromatic rings. The van der Waals surface area contributed by atoms with Gasteiger partial charge in [-0.05, 0) is 37.1 Å². The number of hydrogen-bond donors (Lipinski definition) is 1. The monoisotopic (exact) mass is 263 g/mol. The average molecular weight is 263 g/mol. The summed E-state index contributed by atoms with van der Waals surface area (Å²) in [6.45, 7) is 7.25. The SMILES string of the molecule is CCCOc1ccc(OC2CC(N)C2(C)CC)cc1. The molecule has 0 amide bonds. The molecular formula is C16H25NO2. The number of rotatable bonds is 6. The van der Waals surface area contributed by atoms with Gasteiger partial charge in [-0.15, -0.1) is 0 Å². The molecular weight excluding hydrogens is 238 g/mol. The first kappa shape index (κ1) is 14.2. The largest absolute Gasteiger partial charge is 0.494 e. The van der Waals surface area contributed by atoms with Crippen LogP contribution in [0.3, 0.4) is 0 Å². The second-order valence-electron chi connectivity index (χ2n) is 5.63. The van der Waals surface area contributed by atoms with Crippen LogP contribution in [0.4, 0.5) is 0 Å². The standard InChI is InChI=1S/C16H25NO2/c1-4-10-18-12-6-8-13(9-7-12)19-15-11-14(17)16(15,3)5-2/h6-9,14-15H,4-5,10-11,17H2,1-3H3. The van der Waals surface area contributed by atoms with Crippen molar-refractivity contribution in [2.24, 2.45) is 11.1 Å². The number of hydrogen-bond acceptors (Lipinski definition) is 3. The molecule has 0 aromatic heterocycles. The van der Waals surface area contributed by atoms with E-state index in [0.29, 0.717) is 0 Å². The van der Waals surface area contributed by atoms with Crippen molar-refractivity contribution >= 4 is 0 Å². The normalized spacial score (nSPS) is 29.7. The molecule has 0 spiro atoms. The summed E-state index contributed by atoms with van der Waals surface area (Å²) >= 11 is 0. The van der Waals surface area contributed by atoms with E-state index in [-0.39, 0.29) is 17.6 Å². The Balaban J connectivity index is 1.93. The van der Waals surface area contributed by atoms with E-state index in [9.17, 15) is 0 Å². The lowest BCUT2D eigenvalue weighted by atomic mass is 9.62. The molecule has 1 aliphatic rings. The molecule has 3 atom stereocenters. The van der Waals surface area contributed by atoms with Gasteiger partial charge in [0.2, 0.25) is 0 Å². The maximum Gasteiger partial charge on any atom is 0.120 e. The highest BCUT2D eigenvalue weighted by atomic mass is 16.5. The van der Waals surface area contributed by atoms with E-state index < -0.39 is 0 Å². The lowest BCUT2D eigenvalue weighted by Crippen LogP contribution is -2.61. The highest BCUT2D eigenvalue weighted by Crippen LogP contribution is 2.44. The first-order chi connectivity index (χ1) is 9.10. The van der Waals surface area contributed by atoms with Crippen LogP contribution in [0.1, 0.15) is 40.0 Å². The predicted molar refractivity (Wildman–Crippen MR) is 77.6 cm³/mol. The summed E-state index contributed by atoms with van der Waals surface area (Å²) < 4.78 is 11.6. The molecule has 1 fully saturated rings. The van der Waals surface area contributed by atoms with Gasteiger partial charge >= 0.3 is 0 Å². The highest BCUT2D eigenvalue weighted by molar-refractivity contribution is 5.31. The van der Waals surface area contributed by atoms with Gasteiger partial charge in [0.05, 0.1) is 6.61 Å². The fourth-order valence-electron chi connectivity index (χ4n) is 2.52. The molecule has 0 radical (unpaired) electrons. The summed E-state index contributed by atoms with van der Waals surface area (Å²) in [4.78, 5) is 0. The van der Waals surface area contributed by atoms with Gasteiger partial charge in [0.15, 0.2) is 0 Å². The van der Waals surface area contributed by atoms with Crippen molar-refractivity contribution in [1.82, 2.24) is 0 Å². The summed E-state index contributed by atoms with van der Waals surface area (Å²) in [7, 11) is 0. The second kappa shape index (κ2) is 5.83. The second-order valence-corrected chi connectivity index (χ2v) is 5.63. The summed E-state index contributed by atoms with van der Waals surface area (Å²) in [5.74, 6) is 1.80. The van der Waals surface area contributed by atoms with Crippen molar-refractivity contribution < 1.29 is 9.47 Å². The third kappa shape index (κ3) is 2.86. The molecule has 0 heterocycles. The lowest BCUT2D eigenvalue weighted by Gasteiger charge is -2.51. The van der Waals surface area contributed by atoms with Crippen molar-refractivity contribution in [2.45, 2.75) is 52.2 Å². The third-order valence-electron chi connectivity index (χ3n) is 4.39. The lowest BCUT2D eigenvalue weighted by molar-refractivity contribution is -0.0560. The van der Waals surface area contributed by atoms with Gasteiger partial charge in [0.1, 0.15) is 17.6 Å². The maximum atomic E-state index is 6.09. The summed E-state index contributed by atoms with van der Waals surface area (Å²) in [6, 6.07) is 8.14. The number of benzene rings is 1. The Bertz CT molecular complexity index is 404. The van der Waals surface area contributed by atoms with Crippen molar-refractivity contribution in [3.05, 3.63) is 24.3 Å². The van der Waals surface area contributed by atoms with Gasteiger partial charge in [0.25, 0.3) is 0 Å². The van der Waals surface area contributed by atoms with Crippen LogP contribution in [0.15, 0.2) is 24.3 Å². The van der Waals surface area contributed by atoms with E-state index in [4.69, 9.17) is 15.2 Å². The summed E-state index contributed by atoms with van der Waals surface area (Å²) in [5.41, 5.74) is 6.20.